The molecule has 15 heavy (non-hydrogen) atoms. The van der Waals surface area contributed by atoms with Gasteiger partial charge in [-0.1, -0.05) is 13.8 Å². The lowest BCUT2D eigenvalue weighted by Crippen LogP contribution is -2.36. The minimum absolute atomic E-state index is 0.301. The Morgan fingerprint density at radius 1 is 1.33 bits per heavy atom. The quantitative estimate of drug-likeness (QED) is 0.542. The molecule has 0 aromatic heterocycles. The molecule has 1 atom stereocenters. The van der Waals surface area contributed by atoms with Crippen LogP contribution in [0.3, 0.4) is 0 Å². The van der Waals surface area contributed by atoms with Crippen LogP contribution >= 0.6 is 0 Å². The van der Waals surface area contributed by atoms with Gasteiger partial charge in [0.05, 0.1) is 12.7 Å². The Balaban J connectivity index is 3.16. The van der Waals surface area contributed by atoms with E-state index in [2.05, 4.69) is 19.2 Å². The molecule has 0 aliphatic carbocycles. The van der Waals surface area contributed by atoms with E-state index in [-0.39, 0.29) is 6.10 Å². The van der Waals surface area contributed by atoms with Crippen molar-refractivity contribution in [2.24, 2.45) is 5.92 Å². The van der Waals surface area contributed by atoms with Gasteiger partial charge in [0.1, 0.15) is 0 Å². The highest BCUT2D eigenvalue weighted by atomic mass is 16.5. The van der Waals surface area contributed by atoms with Gasteiger partial charge in [0, 0.05) is 26.2 Å². The van der Waals surface area contributed by atoms with Crippen molar-refractivity contribution in [3.63, 3.8) is 0 Å². The third-order valence-corrected chi connectivity index (χ3v) is 1.83. The number of ether oxygens (including phenoxy) is 1. The van der Waals surface area contributed by atoms with E-state index in [9.17, 15) is 5.11 Å². The number of hydrogen-bond donors (Lipinski definition) is 2. The standard InChI is InChI=1S/C11H26N2O2/c1-10(2)9-15-6-5-12-7-11(14)8-13(3)4/h10-12,14H,5-9H2,1-4H3. The number of hydrogen-bond acceptors (Lipinski definition) is 4. The topological polar surface area (TPSA) is 44.7 Å². The zero-order chi connectivity index (χ0) is 11.7. The SMILES string of the molecule is CC(C)COCCNCC(O)CN(C)C. The van der Waals surface area contributed by atoms with Crippen molar-refractivity contribution in [3.05, 3.63) is 0 Å². The zero-order valence-corrected chi connectivity index (χ0v) is 10.5. The minimum atomic E-state index is -0.301. The van der Waals surface area contributed by atoms with Gasteiger partial charge in [-0.15, -0.1) is 0 Å². The molecule has 0 aromatic rings. The summed E-state index contributed by atoms with van der Waals surface area (Å²) in [6, 6.07) is 0. The van der Waals surface area contributed by atoms with Crippen LogP contribution < -0.4 is 5.32 Å². The van der Waals surface area contributed by atoms with E-state index in [1.54, 1.807) is 0 Å². The van der Waals surface area contributed by atoms with E-state index in [1.165, 1.54) is 0 Å². The lowest BCUT2D eigenvalue weighted by Gasteiger charge is -2.16. The van der Waals surface area contributed by atoms with Gasteiger partial charge in [0.2, 0.25) is 0 Å². The zero-order valence-electron chi connectivity index (χ0n) is 10.5. The van der Waals surface area contributed by atoms with Crippen LogP contribution in [0.1, 0.15) is 13.8 Å². The third kappa shape index (κ3) is 11.8. The molecule has 0 fully saturated rings. The van der Waals surface area contributed by atoms with Crippen LogP contribution in [0.15, 0.2) is 0 Å². The molecule has 0 aliphatic rings. The molecule has 0 aliphatic heterocycles. The normalized spacial score (nSPS) is 13.8. The average molecular weight is 218 g/mol. The van der Waals surface area contributed by atoms with Crippen LogP contribution in [0.4, 0.5) is 0 Å². The average Bonchev–Trinajstić information content (AvgIpc) is 2.09. The monoisotopic (exact) mass is 218 g/mol. The molecule has 1 unspecified atom stereocenters. The van der Waals surface area contributed by atoms with Gasteiger partial charge < -0.3 is 20.1 Å². The van der Waals surface area contributed by atoms with E-state index in [4.69, 9.17) is 4.74 Å². The Hall–Kier alpha value is -0.160. The first-order chi connectivity index (χ1) is 7.02. The Morgan fingerprint density at radius 3 is 2.53 bits per heavy atom. The minimum Gasteiger partial charge on any atom is -0.390 e. The molecule has 0 spiro atoms. The molecule has 0 aromatic carbocycles. The van der Waals surface area contributed by atoms with E-state index in [0.717, 1.165) is 13.2 Å². The second-order valence-electron chi connectivity index (χ2n) is 4.59. The number of rotatable bonds is 9. The lowest BCUT2D eigenvalue weighted by atomic mass is 10.2. The summed E-state index contributed by atoms with van der Waals surface area (Å²) in [5.41, 5.74) is 0. The van der Waals surface area contributed by atoms with Crippen LogP contribution in [0.25, 0.3) is 0 Å². The molecular weight excluding hydrogens is 192 g/mol. The predicted molar refractivity (Wildman–Crippen MR) is 63.1 cm³/mol. The highest BCUT2D eigenvalue weighted by molar-refractivity contribution is 4.61. The summed E-state index contributed by atoms with van der Waals surface area (Å²) in [6.45, 7) is 7.91. The largest absolute Gasteiger partial charge is 0.390 e. The maximum Gasteiger partial charge on any atom is 0.0791 e. The Bertz CT molecular complexity index is 141. The van der Waals surface area contributed by atoms with Gasteiger partial charge in [-0.25, -0.2) is 0 Å². The van der Waals surface area contributed by atoms with Crippen LogP contribution in [-0.4, -0.2) is 63.1 Å². The maximum atomic E-state index is 9.52. The molecule has 4 nitrogen and oxygen atoms in total. The molecule has 0 saturated carbocycles. The number of likely N-dealkylation sites (N-methyl/N-ethyl adjacent to an activating group) is 1. The van der Waals surface area contributed by atoms with Crippen molar-refractivity contribution >= 4 is 0 Å². The van der Waals surface area contributed by atoms with E-state index < -0.39 is 0 Å². The van der Waals surface area contributed by atoms with Crippen molar-refractivity contribution in [2.75, 3.05) is 46.9 Å². The van der Waals surface area contributed by atoms with Crippen LogP contribution in [0.5, 0.6) is 0 Å². The summed E-state index contributed by atoms with van der Waals surface area (Å²) in [7, 11) is 3.91. The summed E-state index contributed by atoms with van der Waals surface area (Å²) >= 11 is 0. The highest BCUT2D eigenvalue weighted by Crippen LogP contribution is 1.91. The molecular formula is C11H26N2O2. The molecule has 92 valence electrons. The smallest absolute Gasteiger partial charge is 0.0791 e. The van der Waals surface area contributed by atoms with Crippen molar-refractivity contribution in [1.82, 2.24) is 10.2 Å². The van der Waals surface area contributed by atoms with Crippen LogP contribution in [0, 0.1) is 5.92 Å². The predicted octanol–water partition coefficient (Wildman–Crippen LogP) is 0.171. The molecule has 0 bridgehead atoms. The number of nitrogens with zero attached hydrogens (tertiary/aromatic N) is 1. The molecule has 0 amide bonds. The van der Waals surface area contributed by atoms with Crippen molar-refractivity contribution in [1.29, 1.82) is 0 Å². The second kappa shape index (κ2) is 9.09. The summed E-state index contributed by atoms with van der Waals surface area (Å²) in [5, 5.41) is 12.7. The Morgan fingerprint density at radius 2 is 2.00 bits per heavy atom. The lowest BCUT2D eigenvalue weighted by molar-refractivity contribution is 0.103. The first kappa shape index (κ1) is 14.8. The number of aliphatic hydroxyl groups is 1. The van der Waals surface area contributed by atoms with Gasteiger partial charge in [-0.3, -0.25) is 0 Å². The first-order valence-corrected chi connectivity index (χ1v) is 5.63. The van der Waals surface area contributed by atoms with E-state index in [1.807, 2.05) is 19.0 Å². The Labute approximate surface area is 93.6 Å². The van der Waals surface area contributed by atoms with Gasteiger partial charge in [0.25, 0.3) is 0 Å². The molecule has 2 N–H and O–H groups in total. The van der Waals surface area contributed by atoms with Crippen molar-refractivity contribution in [2.45, 2.75) is 20.0 Å². The highest BCUT2D eigenvalue weighted by Gasteiger charge is 2.03. The summed E-state index contributed by atoms with van der Waals surface area (Å²) in [6.07, 6.45) is -0.301. The fourth-order valence-electron chi connectivity index (χ4n) is 1.22. The molecule has 4 heteroatoms. The fourth-order valence-corrected chi connectivity index (χ4v) is 1.22. The van der Waals surface area contributed by atoms with Gasteiger partial charge >= 0.3 is 0 Å². The number of aliphatic hydroxyl groups excluding tert-OH is 1. The van der Waals surface area contributed by atoms with Crippen molar-refractivity contribution in [3.8, 4) is 0 Å². The molecule has 0 radical (unpaired) electrons. The van der Waals surface area contributed by atoms with Gasteiger partial charge in [0.15, 0.2) is 0 Å². The summed E-state index contributed by atoms with van der Waals surface area (Å²) in [4.78, 5) is 1.97. The first-order valence-electron chi connectivity index (χ1n) is 5.63. The van der Waals surface area contributed by atoms with E-state index in [0.29, 0.717) is 25.6 Å². The van der Waals surface area contributed by atoms with E-state index >= 15 is 0 Å². The van der Waals surface area contributed by atoms with Crippen LogP contribution in [-0.2, 0) is 4.74 Å². The Kier molecular flexibility index (Phi) is 9.00. The maximum absolute atomic E-state index is 9.52. The summed E-state index contributed by atoms with van der Waals surface area (Å²) < 4.78 is 5.40. The molecule has 0 rings (SSSR count). The fraction of sp³-hybridized carbons (Fsp3) is 1.00. The summed E-state index contributed by atoms with van der Waals surface area (Å²) in [5.74, 6) is 0.587. The van der Waals surface area contributed by atoms with Crippen LogP contribution in [0.2, 0.25) is 0 Å². The molecule has 0 heterocycles. The third-order valence-electron chi connectivity index (χ3n) is 1.83. The van der Waals surface area contributed by atoms with Gasteiger partial charge in [-0.2, -0.15) is 0 Å². The van der Waals surface area contributed by atoms with Gasteiger partial charge in [-0.05, 0) is 20.0 Å². The molecule has 0 saturated heterocycles. The second-order valence-corrected chi connectivity index (χ2v) is 4.59. The van der Waals surface area contributed by atoms with Crippen molar-refractivity contribution < 1.29 is 9.84 Å². The number of nitrogens with one attached hydrogen (secondary N) is 1.